The third-order valence-electron chi connectivity index (χ3n) is 6.88. The number of hydrogen-bond donors (Lipinski definition) is 1. The Morgan fingerprint density at radius 1 is 1.26 bits per heavy atom. The highest BCUT2D eigenvalue weighted by molar-refractivity contribution is 5.87. The maximum Gasteiger partial charge on any atom is 0.416 e. The predicted molar refractivity (Wildman–Crippen MR) is 92.9 cm³/mol. The minimum atomic E-state index is -4.63. The van der Waals surface area contributed by atoms with Crippen molar-refractivity contribution < 1.29 is 32.5 Å². The smallest absolute Gasteiger partial charge is 0.416 e. The number of fused-ring (bicyclic) bond motifs is 2. The number of hydrogen-bond acceptors (Lipinski definition) is 4. The van der Waals surface area contributed by atoms with Crippen LogP contribution in [0.4, 0.5) is 13.2 Å². The van der Waals surface area contributed by atoms with Gasteiger partial charge in [-0.2, -0.15) is 13.2 Å². The first-order valence-electron chi connectivity index (χ1n) is 9.76. The number of aliphatic hydroxyl groups is 1. The average molecular weight is 390 g/mol. The Morgan fingerprint density at radius 3 is 2.37 bits per heavy atom. The standard InChI is InChI=1S/C20H29F3O4/c1-12(2)17(24)27-16-11-14-13(10-15(16)26-14)19(6-4-5-7-19)9-8-18(3,25)20(21,22)23/h13-16,25H,1,4-11H2,2-3H3. The third-order valence-corrected chi connectivity index (χ3v) is 6.88. The Bertz CT molecular complexity index is 593. The van der Waals surface area contributed by atoms with Gasteiger partial charge < -0.3 is 14.6 Å². The highest BCUT2D eigenvalue weighted by atomic mass is 19.4. The minimum absolute atomic E-state index is 0.0909. The Morgan fingerprint density at radius 2 is 1.89 bits per heavy atom. The van der Waals surface area contributed by atoms with Crippen LogP contribution in [0.3, 0.4) is 0 Å². The van der Waals surface area contributed by atoms with Crippen molar-refractivity contribution in [1.29, 1.82) is 0 Å². The summed E-state index contributed by atoms with van der Waals surface area (Å²) in [7, 11) is 0. The molecule has 2 bridgehead atoms. The fourth-order valence-electron chi connectivity index (χ4n) is 5.14. The van der Waals surface area contributed by atoms with Gasteiger partial charge in [0, 0.05) is 12.0 Å². The number of alkyl halides is 3. The molecule has 5 unspecified atom stereocenters. The summed E-state index contributed by atoms with van der Waals surface area (Å²) in [6.45, 7) is 6.04. The molecule has 0 aromatic heterocycles. The van der Waals surface area contributed by atoms with Gasteiger partial charge in [0.05, 0.1) is 12.2 Å². The quantitative estimate of drug-likeness (QED) is 0.543. The Kier molecular flexibility index (Phi) is 5.40. The van der Waals surface area contributed by atoms with Crippen LogP contribution in [0.1, 0.15) is 65.2 Å². The van der Waals surface area contributed by atoms with Gasteiger partial charge in [0.2, 0.25) is 0 Å². The molecule has 4 nitrogen and oxygen atoms in total. The largest absolute Gasteiger partial charge is 0.456 e. The molecule has 2 saturated heterocycles. The fraction of sp³-hybridized carbons (Fsp3) is 0.850. The molecule has 7 heteroatoms. The van der Waals surface area contributed by atoms with Crippen LogP contribution in [-0.2, 0) is 14.3 Å². The zero-order valence-corrected chi connectivity index (χ0v) is 16.0. The van der Waals surface area contributed by atoms with Crippen LogP contribution in [0.25, 0.3) is 0 Å². The van der Waals surface area contributed by atoms with Gasteiger partial charge in [-0.05, 0) is 57.3 Å². The zero-order chi connectivity index (χ0) is 20.0. The number of carbonyl (C=O) groups is 1. The van der Waals surface area contributed by atoms with Crippen LogP contribution in [0.15, 0.2) is 12.2 Å². The maximum absolute atomic E-state index is 13.1. The SMILES string of the molecule is C=C(C)C(=O)OC1CC2OC1CC2C1(CCC(C)(O)C(F)(F)F)CCCC1. The fourth-order valence-corrected chi connectivity index (χ4v) is 5.14. The van der Waals surface area contributed by atoms with Crippen LogP contribution in [0, 0.1) is 11.3 Å². The van der Waals surface area contributed by atoms with E-state index >= 15 is 0 Å². The molecule has 3 rings (SSSR count). The van der Waals surface area contributed by atoms with Crippen molar-refractivity contribution in [2.75, 3.05) is 0 Å². The summed E-state index contributed by atoms with van der Waals surface area (Å²) in [4.78, 5) is 11.8. The lowest BCUT2D eigenvalue weighted by Crippen LogP contribution is -2.45. The summed E-state index contributed by atoms with van der Waals surface area (Å²) in [5, 5.41) is 9.87. The molecule has 2 aliphatic heterocycles. The highest BCUT2D eigenvalue weighted by Gasteiger charge is 2.58. The van der Waals surface area contributed by atoms with Crippen molar-refractivity contribution in [3.63, 3.8) is 0 Å². The highest BCUT2D eigenvalue weighted by Crippen LogP contribution is 2.58. The van der Waals surface area contributed by atoms with Crippen molar-refractivity contribution >= 4 is 5.97 Å². The number of esters is 1. The molecule has 154 valence electrons. The van der Waals surface area contributed by atoms with Gasteiger partial charge in [-0.25, -0.2) is 4.79 Å². The van der Waals surface area contributed by atoms with E-state index in [2.05, 4.69) is 6.58 Å². The lowest BCUT2D eigenvalue weighted by Gasteiger charge is -2.41. The summed E-state index contributed by atoms with van der Waals surface area (Å²) in [6, 6.07) is 0. The molecule has 0 radical (unpaired) electrons. The summed E-state index contributed by atoms with van der Waals surface area (Å²) in [5.41, 5.74) is -2.55. The Hall–Kier alpha value is -1.08. The van der Waals surface area contributed by atoms with E-state index in [1.165, 1.54) is 0 Å². The van der Waals surface area contributed by atoms with Crippen LogP contribution in [0.2, 0.25) is 0 Å². The Balaban J connectivity index is 1.66. The summed E-state index contributed by atoms with van der Waals surface area (Å²) >= 11 is 0. The van der Waals surface area contributed by atoms with Gasteiger partial charge >= 0.3 is 12.1 Å². The van der Waals surface area contributed by atoms with Gasteiger partial charge in [-0.15, -0.1) is 0 Å². The molecule has 1 saturated carbocycles. The van der Waals surface area contributed by atoms with Crippen molar-refractivity contribution in [3.05, 3.63) is 12.2 Å². The van der Waals surface area contributed by atoms with Gasteiger partial charge in [0.25, 0.3) is 0 Å². The van der Waals surface area contributed by atoms with E-state index in [1.807, 2.05) is 0 Å². The lowest BCUT2D eigenvalue weighted by molar-refractivity contribution is -0.257. The molecule has 2 heterocycles. The third kappa shape index (κ3) is 3.90. The summed E-state index contributed by atoms with van der Waals surface area (Å²) in [5.74, 6) is -0.265. The van der Waals surface area contributed by atoms with E-state index in [0.717, 1.165) is 32.6 Å². The van der Waals surface area contributed by atoms with Crippen LogP contribution in [-0.4, -0.2) is 41.2 Å². The van der Waals surface area contributed by atoms with Gasteiger partial charge in [0.1, 0.15) is 6.10 Å². The van der Waals surface area contributed by atoms with Crippen LogP contribution in [0.5, 0.6) is 0 Å². The molecule has 5 atom stereocenters. The number of carbonyl (C=O) groups excluding carboxylic acids is 1. The van der Waals surface area contributed by atoms with Crippen molar-refractivity contribution in [2.24, 2.45) is 11.3 Å². The molecular formula is C20H29F3O4. The average Bonchev–Trinajstić information content (AvgIpc) is 3.27. The molecule has 0 aromatic carbocycles. The van der Waals surface area contributed by atoms with Crippen LogP contribution < -0.4 is 0 Å². The minimum Gasteiger partial charge on any atom is -0.456 e. The van der Waals surface area contributed by atoms with E-state index in [-0.39, 0.29) is 36.1 Å². The van der Waals surface area contributed by atoms with Gasteiger partial charge in [-0.1, -0.05) is 19.4 Å². The molecular weight excluding hydrogens is 361 g/mol. The molecule has 3 aliphatic rings. The number of halogens is 3. The molecule has 0 spiro atoms. The molecule has 1 N–H and O–H groups in total. The first-order chi connectivity index (χ1) is 12.5. The first-order valence-corrected chi connectivity index (χ1v) is 9.76. The summed E-state index contributed by atoms with van der Waals surface area (Å²) < 4.78 is 50.7. The van der Waals surface area contributed by atoms with Crippen molar-refractivity contribution in [2.45, 2.75) is 95.3 Å². The van der Waals surface area contributed by atoms with E-state index in [4.69, 9.17) is 9.47 Å². The van der Waals surface area contributed by atoms with Gasteiger partial charge in [-0.3, -0.25) is 0 Å². The van der Waals surface area contributed by atoms with Crippen molar-refractivity contribution in [3.8, 4) is 0 Å². The van der Waals surface area contributed by atoms with E-state index in [0.29, 0.717) is 24.8 Å². The summed E-state index contributed by atoms with van der Waals surface area (Å²) in [6.07, 6.45) is -0.137. The number of rotatable bonds is 6. The van der Waals surface area contributed by atoms with E-state index in [1.54, 1.807) is 6.92 Å². The normalized spacial score (nSPS) is 34.4. The molecule has 3 fully saturated rings. The second kappa shape index (κ2) is 7.07. The molecule has 0 aromatic rings. The van der Waals surface area contributed by atoms with E-state index in [9.17, 15) is 23.1 Å². The lowest BCUT2D eigenvalue weighted by atomic mass is 9.64. The maximum atomic E-state index is 13.1. The first kappa shape index (κ1) is 20.6. The molecule has 0 amide bonds. The second-order valence-electron chi connectivity index (χ2n) is 8.86. The monoisotopic (exact) mass is 390 g/mol. The number of ether oxygens (including phenoxy) is 2. The van der Waals surface area contributed by atoms with Crippen LogP contribution >= 0.6 is 0 Å². The van der Waals surface area contributed by atoms with Crippen molar-refractivity contribution in [1.82, 2.24) is 0 Å². The van der Waals surface area contributed by atoms with E-state index < -0.39 is 17.7 Å². The topological polar surface area (TPSA) is 55.8 Å². The predicted octanol–water partition coefficient (Wildman–Crippen LogP) is 4.31. The van der Waals surface area contributed by atoms with Gasteiger partial charge in [0.15, 0.2) is 5.60 Å². The second-order valence-corrected chi connectivity index (χ2v) is 8.86. The molecule has 1 aliphatic carbocycles. The zero-order valence-electron chi connectivity index (χ0n) is 16.0. The molecule has 27 heavy (non-hydrogen) atoms. The Labute approximate surface area is 158 Å².